The third kappa shape index (κ3) is 3.27. The third-order valence-corrected chi connectivity index (χ3v) is 2.18. The molecule has 3 heteroatoms. The number of benzene rings is 1. The first-order chi connectivity index (χ1) is 7.17. The summed E-state index contributed by atoms with van der Waals surface area (Å²) in [4.78, 5) is 11.1. The summed E-state index contributed by atoms with van der Waals surface area (Å²) in [5.41, 5.74) is 0.970. The molecule has 0 spiro atoms. The number of hydrogen-bond acceptors (Lipinski definition) is 3. The lowest BCUT2D eigenvalue weighted by Gasteiger charge is -2.13. The van der Waals surface area contributed by atoms with Crippen LogP contribution in [0.2, 0.25) is 0 Å². The molecular formula is C12H16O3. The van der Waals surface area contributed by atoms with Crippen LogP contribution in [0.4, 0.5) is 0 Å². The second kappa shape index (κ2) is 5.39. The van der Waals surface area contributed by atoms with Gasteiger partial charge in [-0.25, -0.2) is 0 Å². The smallest absolute Gasteiger partial charge is 0.306 e. The van der Waals surface area contributed by atoms with E-state index >= 15 is 0 Å². The maximum absolute atomic E-state index is 11.1. The van der Waals surface area contributed by atoms with E-state index in [2.05, 4.69) is 0 Å². The van der Waals surface area contributed by atoms with Crippen molar-refractivity contribution in [3.8, 4) is 5.75 Å². The molecule has 0 saturated carbocycles. The van der Waals surface area contributed by atoms with Crippen molar-refractivity contribution in [3.05, 3.63) is 29.8 Å². The standard InChI is InChI=1S/C12H16O3/c1-4-12(13)15-9(2)10-5-7-11(14-3)8-6-10/h5-9H,4H2,1-3H3/t9-/m1/s1. The van der Waals surface area contributed by atoms with E-state index in [1.807, 2.05) is 31.2 Å². The van der Waals surface area contributed by atoms with E-state index in [1.165, 1.54) is 0 Å². The molecule has 0 aliphatic carbocycles. The summed E-state index contributed by atoms with van der Waals surface area (Å²) in [6, 6.07) is 7.50. The summed E-state index contributed by atoms with van der Waals surface area (Å²) in [5, 5.41) is 0. The van der Waals surface area contributed by atoms with Gasteiger partial charge in [-0.2, -0.15) is 0 Å². The fraction of sp³-hybridized carbons (Fsp3) is 0.417. The first-order valence-corrected chi connectivity index (χ1v) is 5.00. The van der Waals surface area contributed by atoms with Crippen molar-refractivity contribution < 1.29 is 14.3 Å². The number of rotatable bonds is 4. The van der Waals surface area contributed by atoms with Gasteiger partial charge in [-0.15, -0.1) is 0 Å². The van der Waals surface area contributed by atoms with E-state index < -0.39 is 0 Å². The highest BCUT2D eigenvalue weighted by Gasteiger charge is 2.09. The van der Waals surface area contributed by atoms with Crippen LogP contribution in [0, 0.1) is 0 Å². The summed E-state index contributed by atoms with van der Waals surface area (Å²) in [7, 11) is 1.62. The molecule has 1 aromatic carbocycles. The zero-order valence-corrected chi connectivity index (χ0v) is 9.32. The van der Waals surface area contributed by atoms with Gasteiger partial charge in [0, 0.05) is 6.42 Å². The van der Waals surface area contributed by atoms with E-state index in [0.717, 1.165) is 11.3 Å². The Kier molecular flexibility index (Phi) is 4.16. The van der Waals surface area contributed by atoms with Crippen LogP contribution >= 0.6 is 0 Å². The van der Waals surface area contributed by atoms with E-state index in [-0.39, 0.29) is 12.1 Å². The Balaban J connectivity index is 2.65. The molecule has 0 radical (unpaired) electrons. The van der Waals surface area contributed by atoms with E-state index in [9.17, 15) is 4.79 Å². The van der Waals surface area contributed by atoms with Gasteiger partial charge in [0.25, 0.3) is 0 Å². The van der Waals surface area contributed by atoms with Gasteiger partial charge in [0.1, 0.15) is 11.9 Å². The molecule has 0 fully saturated rings. The second-order valence-electron chi connectivity index (χ2n) is 3.26. The van der Waals surface area contributed by atoms with Gasteiger partial charge in [-0.05, 0) is 24.6 Å². The average molecular weight is 208 g/mol. The van der Waals surface area contributed by atoms with Crippen LogP contribution in [-0.2, 0) is 9.53 Å². The van der Waals surface area contributed by atoms with Crippen molar-refractivity contribution in [1.82, 2.24) is 0 Å². The van der Waals surface area contributed by atoms with Crippen LogP contribution in [0.1, 0.15) is 31.9 Å². The van der Waals surface area contributed by atoms with Gasteiger partial charge in [-0.1, -0.05) is 19.1 Å². The molecule has 1 atom stereocenters. The second-order valence-corrected chi connectivity index (χ2v) is 3.26. The van der Waals surface area contributed by atoms with E-state index in [1.54, 1.807) is 14.0 Å². The van der Waals surface area contributed by atoms with Crippen molar-refractivity contribution >= 4 is 5.97 Å². The van der Waals surface area contributed by atoms with Crippen molar-refractivity contribution in [3.63, 3.8) is 0 Å². The SMILES string of the molecule is CCC(=O)O[C@H](C)c1ccc(OC)cc1. The number of esters is 1. The van der Waals surface area contributed by atoms with Gasteiger partial charge >= 0.3 is 5.97 Å². The molecule has 1 aromatic rings. The number of carbonyl (C=O) groups excluding carboxylic acids is 1. The van der Waals surface area contributed by atoms with Gasteiger partial charge in [0.05, 0.1) is 7.11 Å². The molecule has 0 N–H and O–H groups in total. The van der Waals surface area contributed by atoms with Crippen molar-refractivity contribution in [2.45, 2.75) is 26.4 Å². The van der Waals surface area contributed by atoms with E-state index in [0.29, 0.717) is 6.42 Å². The molecule has 0 aromatic heterocycles. The quantitative estimate of drug-likeness (QED) is 0.714. The lowest BCUT2D eigenvalue weighted by molar-refractivity contribution is -0.148. The minimum Gasteiger partial charge on any atom is -0.497 e. The highest BCUT2D eigenvalue weighted by molar-refractivity contribution is 5.69. The molecule has 0 amide bonds. The van der Waals surface area contributed by atoms with Gasteiger partial charge in [0.15, 0.2) is 0 Å². The van der Waals surface area contributed by atoms with Crippen LogP contribution in [-0.4, -0.2) is 13.1 Å². The fourth-order valence-corrected chi connectivity index (χ4v) is 1.22. The number of methoxy groups -OCH3 is 1. The maximum Gasteiger partial charge on any atom is 0.306 e. The fourth-order valence-electron chi connectivity index (χ4n) is 1.22. The largest absolute Gasteiger partial charge is 0.497 e. The topological polar surface area (TPSA) is 35.5 Å². The van der Waals surface area contributed by atoms with Crippen molar-refractivity contribution in [1.29, 1.82) is 0 Å². The summed E-state index contributed by atoms with van der Waals surface area (Å²) in [5.74, 6) is 0.617. The number of hydrogen-bond donors (Lipinski definition) is 0. The Hall–Kier alpha value is -1.51. The van der Waals surface area contributed by atoms with Gasteiger partial charge in [-0.3, -0.25) is 4.79 Å². The lowest BCUT2D eigenvalue weighted by Crippen LogP contribution is -2.07. The van der Waals surface area contributed by atoms with Gasteiger partial charge in [0.2, 0.25) is 0 Å². The number of carbonyl (C=O) groups is 1. The zero-order chi connectivity index (χ0) is 11.3. The summed E-state index contributed by atoms with van der Waals surface area (Å²) in [6.45, 7) is 3.64. The van der Waals surface area contributed by atoms with Crippen LogP contribution < -0.4 is 4.74 Å². The molecule has 0 aliphatic rings. The Labute approximate surface area is 90.0 Å². The molecule has 0 heterocycles. The van der Waals surface area contributed by atoms with Crippen LogP contribution in [0.25, 0.3) is 0 Å². The minimum atomic E-state index is -0.205. The Bertz CT molecular complexity index is 316. The Morgan fingerprint density at radius 2 is 1.93 bits per heavy atom. The molecule has 82 valence electrons. The minimum absolute atomic E-state index is 0.182. The molecule has 0 unspecified atom stereocenters. The number of ether oxygens (including phenoxy) is 2. The highest BCUT2D eigenvalue weighted by atomic mass is 16.5. The lowest BCUT2D eigenvalue weighted by atomic mass is 10.1. The van der Waals surface area contributed by atoms with Crippen LogP contribution in [0.3, 0.4) is 0 Å². The third-order valence-electron chi connectivity index (χ3n) is 2.18. The van der Waals surface area contributed by atoms with Crippen molar-refractivity contribution in [2.24, 2.45) is 0 Å². The molecule has 0 bridgehead atoms. The Morgan fingerprint density at radius 1 is 1.33 bits per heavy atom. The summed E-state index contributed by atoms with van der Waals surface area (Å²) < 4.78 is 10.2. The van der Waals surface area contributed by atoms with E-state index in [4.69, 9.17) is 9.47 Å². The Morgan fingerprint density at radius 3 is 2.40 bits per heavy atom. The average Bonchev–Trinajstić information content (AvgIpc) is 2.29. The molecule has 15 heavy (non-hydrogen) atoms. The summed E-state index contributed by atoms with van der Waals surface area (Å²) in [6.07, 6.45) is 0.198. The first kappa shape index (κ1) is 11.6. The molecule has 0 saturated heterocycles. The molecule has 3 nitrogen and oxygen atoms in total. The van der Waals surface area contributed by atoms with Crippen LogP contribution in [0.5, 0.6) is 5.75 Å². The predicted octanol–water partition coefficient (Wildman–Crippen LogP) is 2.71. The van der Waals surface area contributed by atoms with Gasteiger partial charge < -0.3 is 9.47 Å². The highest BCUT2D eigenvalue weighted by Crippen LogP contribution is 2.20. The summed E-state index contributed by atoms with van der Waals surface area (Å²) >= 11 is 0. The first-order valence-electron chi connectivity index (χ1n) is 5.00. The predicted molar refractivity (Wildman–Crippen MR) is 57.8 cm³/mol. The molecular weight excluding hydrogens is 192 g/mol. The molecule has 0 aliphatic heterocycles. The monoisotopic (exact) mass is 208 g/mol. The van der Waals surface area contributed by atoms with Crippen LogP contribution in [0.15, 0.2) is 24.3 Å². The van der Waals surface area contributed by atoms with Crippen molar-refractivity contribution in [2.75, 3.05) is 7.11 Å². The zero-order valence-electron chi connectivity index (χ0n) is 9.32. The normalized spacial score (nSPS) is 11.9. The molecule has 1 rings (SSSR count). The maximum atomic E-state index is 11.1.